The second kappa shape index (κ2) is 5.72. The van der Waals surface area contributed by atoms with Gasteiger partial charge in [0.1, 0.15) is 0 Å². The van der Waals surface area contributed by atoms with Crippen LogP contribution in [-0.2, 0) is 0 Å². The minimum atomic E-state index is 0.797. The quantitative estimate of drug-likeness (QED) is 0.720. The van der Waals surface area contributed by atoms with Crippen LogP contribution in [0.5, 0.6) is 0 Å². The number of nitrogens with one attached hydrogen (secondary N) is 2. The molecule has 1 aliphatic carbocycles. The van der Waals surface area contributed by atoms with Crippen LogP contribution in [0.4, 0.5) is 0 Å². The molecule has 1 unspecified atom stereocenters. The number of hydrogen-bond acceptors (Lipinski definition) is 2. The predicted octanol–water partition coefficient (Wildman–Crippen LogP) is 1.91. The van der Waals surface area contributed by atoms with Crippen molar-refractivity contribution in [2.45, 2.75) is 51.0 Å². The average molecular weight is 196 g/mol. The van der Waals surface area contributed by atoms with Crippen molar-refractivity contribution in [2.24, 2.45) is 5.92 Å². The molecule has 2 nitrogen and oxygen atoms in total. The van der Waals surface area contributed by atoms with Crippen molar-refractivity contribution in [3.8, 4) is 0 Å². The van der Waals surface area contributed by atoms with Crippen LogP contribution in [0.25, 0.3) is 0 Å². The topological polar surface area (TPSA) is 24.1 Å². The molecule has 1 saturated heterocycles. The summed E-state index contributed by atoms with van der Waals surface area (Å²) in [6.45, 7) is 3.72. The highest BCUT2D eigenvalue weighted by Gasteiger charge is 2.17. The van der Waals surface area contributed by atoms with Gasteiger partial charge < -0.3 is 10.6 Å². The van der Waals surface area contributed by atoms with Gasteiger partial charge in [0.2, 0.25) is 0 Å². The van der Waals surface area contributed by atoms with E-state index in [1.54, 1.807) is 0 Å². The van der Waals surface area contributed by atoms with Gasteiger partial charge >= 0.3 is 0 Å². The molecular formula is C12H24N2. The minimum absolute atomic E-state index is 0.797. The van der Waals surface area contributed by atoms with Crippen molar-refractivity contribution in [3.63, 3.8) is 0 Å². The highest BCUT2D eigenvalue weighted by Crippen LogP contribution is 2.24. The molecule has 14 heavy (non-hydrogen) atoms. The smallest absolute Gasteiger partial charge is 0.00797 e. The third-order valence-corrected chi connectivity index (χ3v) is 3.75. The molecule has 0 radical (unpaired) electrons. The fourth-order valence-electron chi connectivity index (χ4n) is 2.77. The molecule has 1 saturated carbocycles. The molecule has 2 N–H and O–H groups in total. The predicted molar refractivity (Wildman–Crippen MR) is 60.5 cm³/mol. The molecular weight excluding hydrogens is 172 g/mol. The Bertz CT molecular complexity index is 144. The average Bonchev–Trinajstić information content (AvgIpc) is 2.58. The first kappa shape index (κ1) is 10.4. The lowest BCUT2D eigenvalue weighted by Crippen LogP contribution is -2.33. The molecule has 82 valence electrons. The van der Waals surface area contributed by atoms with E-state index < -0.39 is 0 Å². The molecule has 2 rings (SSSR count). The number of hydrogen-bond donors (Lipinski definition) is 2. The Morgan fingerprint density at radius 2 is 1.79 bits per heavy atom. The van der Waals surface area contributed by atoms with Crippen LogP contribution in [-0.4, -0.2) is 25.7 Å². The molecule has 1 heterocycles. The van der Waals surface area contributed by atoms with Crippen molar-refractivity contribution in [1.29, 1.82) is 0 Å². The lowest BCUT2D eigenvalue weighted by molar-refractivity contribution is 0.408. The van der Waals surface area contributed by atoms with Gasteiger partial charge in [-0.1, -0.05) is 12.8 Å². The van der Waals surface area contributed by atoms with E-state index in [4.69, 9.17) is 0 Å². The van der Waals surface area contributed by atoms with Crippen molar-refractivity contribution in [2.75, 3.05) is 19.6 Å². The Balaban J connectivity index is 1.62. The van der Waals surface area contributed by atoms with Crippen molar-refractivity contribution in [3.05, 3.63) is 0 Å². The molecule has 2 fully saturated rings. The van der Waals surface area contributed by atoms with Crippen LogP contribution in [0, 0.1) is 5.92 Å². The summed E-state index contributed by atoms with van der Waals surface area (Å²) in [5, 5.41) is 7.23. The third kappa shape index (κ3) is 3.25. The molecule has 1 aliphatic heterocycles. The zero-order valence-corrected chi connectivity index (χ0v) is 9.23. The van der Waals surface area contributed by atoms with Crippen LogP contribution in [0.15, 0.2) is 0 Å². The minimum Gasteiger partial charge on any atom is -0.317 e. The van der Waals surface area contributed by atoms with E-state index in [0.717, 1.165) is 12.0 Å². The first-order chi connectivity index (χ1) is 6.95. The van der Waals surface area contributed by atoms with E-state index in [-0.39, 0.29) is 0 Å². The molecule has 1 atom stereocenters. The largest absolute Gasteiger partial charge is 0.317 e. The molecule has 0 aromatic heterocycles. The Kier molecular flexibility index (Phi) is 4.26. The van der Waals surface area contributed by atoms with E-state index >= 15 is 0 Å². The maximum absolute atomic E-state index is 3.76. The van der Waals surface area contributed by atoms with E-state index in [9.17, 15) is 0 Å². The van der Waals surface area contributed by atoms with Crippen LogP contribution < -0.4 is 10.6 Å². The second-order valence-electron chi connectivity index (χ2n) is 4.94. The SMILES string of the molecule is C1CCC(CNC2CCCNCC2)C1. The lowest BCUT2D eigenvalue weighted by atomic mass is 10.1. The zero-order valence-electron chi connectivity index (χ0n) is 9.23. The normalized spacial score (nSPS) is 30.4. The highest BCUT2D eigenvalue weighted by atomic mass is 14.9. The maximum Gasteiger partial charge on any atom is 0.00797 e. The zero-order chi connectivity index (χ0) is 9.64. The summed E-state index contributed by atoms with van der Waals surface area (Å²) in [4.78, 5) is 0. The molecule has 2 heteroatoms. The van der Waals surface area contributed by atoms with Crippen molar-refractivity contribution in [1.82, 2.24) is 10.6 Å². The van der Waals surface area contributed by atoms with Gasteiger partial charge in [0.25, 0.3) is 0 Å². The summed E-state index contributed by atoms with van der Waals surface area (Å²) in [6.07, 6.45) is 9.93. The third-order valence-electron chi connectivity index (χ3n) is 3.75. The molecule has 0 aromatic rings. The Labute approximate surface area is 87.8 Å². The van der Waals surface area contributed by atoms with Gasteiger partial charge in [0, 0.05) is 6.04 Å². The highest BCUT2D eigenvalue weighted by molar-refractivity contribution is 4.76. The number of rotatable bonds is 3. The monoisotopic (exact) mass is 196 g/mol. The van der Waals surface area contributed by atoms with Gasteiger partial charge in [-0.05, 0) is 57.7 Å². The van der Waals surface area contributed by atoms with Gasteiger partial charge in [-0.2, -0.15) is 0 Å². The van der Waals surface area contributed by atoms with E-state index in [2.05, 4.69) is 10.6 Å². The van der Waals surface area contributed by atoms with Crippen LogP contribution in [0.2, 0.25) is 0 Å². The standard InChI is InChI=1S/C12H24N2/c1-2-5-11(4-1)10-14-12-6-3-8-13-9-7-12/h11-14H,1-10H2. The van der Waals surface area contributed by atoms with Crippen LogP contribution >= 0.6 is 0 Å². The maximum atomic E-state index is 3.76. The lowest BCUT2D eigenvalue weighted by Gasteiger charge is -2.18. The fraction of sp³-hybridized carbons (Fsp3) is 1.00. The first-order valence-corrected chi connectivity index (χ1v) is 6.39. The summed E-state index contributed by atoms with van der Waals surface area (Å²) >= 11 is 0. The second-order valence-corrected chi connectivity index (χ2v) is 4.94. The first-order valence-electron chi connectivity index (χ1n) is 6.39. The Morgan fingerprint density at radius 1 is 0.929 bits per heavy atom. The van der Waals surface area contributed by atoms with Gasteiger partial charge in [-0.25, -0.2) is 0 Å². The summed E-state index contributed by atoms with van der Waals surface area (Å²) < 4.78 is 0. The van der Waals surface area contributed by atoms with E-state index in [0.29, 0.717) is 0 Å². The molecule has 0 amide bonds. The fourth-order valence-corrected chi connectivity index (χ4v) is 2.77. The van der Waals surface area contributed by atoms with Crippen LogP contribution in [0.1, 0.15) is 44.9 Å². The van der Waals surface area contributed by atoms with Crippen molar-refractivity contribution >= 4 is 0 Å². The van der Waals surface area contributed by atoms with E-state index in [1.807, 2.05) is 0 Å². The molecule has 2 aliphatic rings. The molecule has 0 bridgehead atoms. The van der Waals surface area contributed by atoms with Gasteiger partial charge in [0.15, 0.2) is 0 Å². The molecule has 0 aromatic carbocycles. The van der Waals surface area contributed by atoms with Crippen LogP contribution in [0.3, 0.4) is 0 Å². The summed E-state index contributed by atoms with van der Waals surface area (Å²) in [5.74, 6) is 0.992. The summed E-state index contributed by atoms with van der Waals surface area (Å²) in [7, 11) is 0. The summed E-state index contributed by atoms with van der Waals surface area (Å²) in [6, 6.07) is 0.797. The van der Waals surface area contributed by atoms with Gasteiger partial charge in [0.05, 0.1) is 0 Å². The summed E-state index contributed by atoms with van der Waals surface area (Å²) in [5.41, 5.74) is 0. The Hall–Kier alpha value is -0.0800. The van der Waals surface area contributed by atoms with Gasteiger partial charge in [-0.15, -0.1) is 0 Å². The van der Waals surface area contributed by atoms with Gasteiger partial charge in [-0.3, -0.25) is 0 Å². The Morgan fingerprint density at radius 3 is 2.64 bits per heavy atom. The molecule has 0 spiro atoms. The van der Waals surface area contributed by atoms with Crippen molar-refractivity contribution < 1.29 is 0 Å². The van der Waals surface area contributed by atoms with E-state index in [1.165, 1.54) is 64.6 Å².